The second-order valence-corrected chi connectivity index (χ2v) is 11.7. The van der Waals surface area contributed by atoms with E-state index >= 15 is 0 Å². The van der Waals surface area contributed by atoms with E-state index in [0.717, 1.165) is 54.1 Å². The van der Waals surface area contributed by atoms with Crippen LogP contribution < -0.4 is 0 Å². The molecule has 0 bridgehead atoms. The molecule has 37 heavy (non-hydrogen) atoms. The second kappa shape index (κ2) is 9.24. The van der Waals surface area contributed by atoms with E-state index in [1.807, 2.05) is 76.7 Å². The first-order chi connectivity index (χ1) is 17.4. The van der Waals surface area contributed by atoms with Gasteiger partial charge in [-0.2, -0.15) is 5.10 Å². The Labute approximate surface area is 224 Å². The van der Waals surface area contributed by atoms with Crippen LogP contribution in [0.5, 0.6) is 0 Å². The van der Waals surface area contributed by atoms with Gasteiger partial charge in [0, 0.05) is 34.1 Å². The Hall–Kier alpha value is -3.26. The van der Waals surface area contributed by atoms with Gasteiger partial charge in [0.2, 0.25) is 0 Å². The van der Waals surface area contributed by atoms with Crippen LogP contribution in [0.25, 0.3) is 42.8 Å². The monoisotopic (exact) mass is 533 g/mol. The molecule has 6 nitrogen and oxygen atoms in total. The normalized spacial score (nSPS) is 12.9. The van der Waals surface area contributed by atoms with Crippen LogP contribution >= 0.6 is 22.9 Å². The Morgan fingerprint density at radius 1 is 1.08 bits per heavy atom. The number of rotatable bonds is 5. The number of aryl methyl sites for hydroxylation is 3. The van der Waals surface area contributed by atoms with E-state index in [1.54, 1.807) is 11.3 Å². The quantitative estimate of drug-likeness (QED) is 0.250. The van der Waals surface area contributed by atoms with Crippen LogP contribution in [0.2, 0.25) is 5.02 Å². The maximum Gasteiger partial charge on any atom is 0.337 e. The van der Waals surface area contributed by atoms with E-state index in [1.165, 1.54) is 0 Å². The Morgan fingerprint density at radius 2 is 1.76 bits per heavy atom. The topological polar surface area (TPSA) is 77.2 Å². The zero-order valence-electron chi connectivity index (χ0n) is 21.6. The summed E-state index contributed by atoms with van der Waals surface area (Å²) >= 11 is 7.75. The van der Waals surface area contributed by atoms with Crippen molar-refractivity contribution >= 4 is 50.0 Å². The number of hydrogen-bond acceptors (Lipinski definition) is 5. The molecule has 0 saturated heterocycles. The highest BCUT2D eigenvalue weighted by Crippen LogP contribution is 2.44. The molecule has 0 aliphatic carbocycles. The molecule has 5 rings (SSSR count). The molecule has 0 amide bonds. The number of hydrogen-bond donors (Lipinski definition) is 1. The number of halogens is 1. The molecule has 0 saturated carbocycles. The summed E-state index contributed by atoms with van der Waals surface area (Å²) < 4.78 is 8.89. The molecule has 0 radical (unpaired) electrons. The summed E-state index contributed by atoms with van der Waals surface area (Å²) in [5.41, 5.74) is 6.29. The van der Waals surface area contributed by atoms with Gasteiger partial charge in [-0.15, -0.1) is 11.3 Å². The van der Waals surface area contributed by atoms with Crippen LogP contribution in [-0.2, 0) is 16.6 Å². The van der Waals surface area contributed by atoms with Gasteiger partial charge in [-0.3, -0.25) is 4.68 Å². The molecule has 0 aliphatic rings. The molecule has 2 heterocycles. The lowest BCUT2D eigenvalue weighted by Gasteiger charge is -2.28. The Bertz CT molecular complexity index is 1660. The van der Waals surface area contributed by atoms with Crippen LogP contribution in [0.15, 0.2) is 48.5 Å². The summed E-state index contributed by atoms with van der Waals surface area (Å²) in [5, 5.41) is 17.3. The van der Waals surface area contributed by atoms with E-state index < -0.39 is 17.7 Å². The van der Waals surface area contributed by atoms with Gasteiger partial charge in [-0.1, -0.05) is 23.7 Å². The summed E-state index contributed by atoms with van der Waals surface area (Å²) in [6, 6.07) is 15.7. The summed E-state index contributed by atoms with van der Waals surface area (Å²) in [6.45, 7) is 9.50. The van der Waals surface area contributed by atoms with Crippen molar-refractivity contribution in [1.29, 1.82) is 0 Å². The van der Waals surface area contributed by atoms with Crippen molar-refractivity contribution in [3.8, 4) is 21.7 Å². The van der Waals surface area contributed by atoms with Gasteiger partial charge in [-0.05, 0) is 82.1 Å². The van der Waals surface area contributed by atoms with Gasteiger partial charge in [0.05, 0.1) is 27.0 Å². The predicted octanol–water partition coefficient (Wildman–Crippen LogP) is 7.73. The summed E-state index contributed by atoms with van der Waals surface area (Å²) in [7, 11) is 1.94. The zero-order chi connectivity index (χ0) is 26.6. The van der Waals surface area contributed by atoms with Crippen LogP contribution in [0.3, 0.4) is 0 Å². The van der Waals surface area contributed by atoms with Crippen LogP contribution in [0.4, 0.5) is 0 Å². The maximum atomic E-state index is 12.5. The van der Waals surface area contributed by atoms with Crippen molar-refractivity contribution in [1.82, 2.24) is 14.8 Å². The van der Waals surface area contributed by atoms with Gasteiger partial charge in [-0.25, -0.2) is 9.78 Å². The Balaban J connectivity index is 1.78. The van der Waals surface area contributed by atoms with Gasteiger partial charge < -0.3 is 9.84 Å². The molecular formula is C29H28ClN3O3S. The number of carboxylic acids is 1. The SMILES string of the molecule is Cc1cc2nc(-c3ccc4c(c3)c(C)nn4C)sc2c(-c2ccc(Cl)cc2)c1C(OC(C)(C)C)C(=O)O. The second-order valence-electron chi connectivity index (χ2n) is 10.2. The van der Waals surface area contributed by atoms with Crippen molar-refractivity contribution in [2.45, 2.75) is 46.3 Å². The van der Waals surface area contributed by atoms with Gasteiger partial charge in [0.15, 0.2) is 6.10 Å². The number of aliphatic carboxylic acids is 1. The third-order valence-electron chi connectivity index (χ3n) is 6.30. The lowest BCUT2D eigenvalue weighted by molar-refractivity contribution is -0.160. The highest BCUT2D eigenvalue weighted by molar-refractivity contribution is 7.22. The van der Waals surface area contributed by atoms with Crippen molar-refractivity contribution in [3.63, 3.8) is 0 Å². The molecule has 0 spiro atoms. The average molecular weight is 534 g/mol. The van der Waals surface area contributed by atoms with Crippen molar-refractivity contribution in [3.05, 3.63) is 70.4 Å². The number of ether oxygens (including phenoxy) is 1. The third-order valence-corrected chi connectivity index (χ3v) is 7.69. The van der Waals surface area contributed by atoms with Gasteiger partial charge in [0.25, 0.3) is 0 Å². The first-order valence-corrected chi connectivity index (χ1v) is 13.2. The molecule has 2 aromatic heterocycles. The molecule has 1 N–H and O–H groups in total. The first-order valence-electron chi connectivity index (χ1n) is 12.0. The minimum atomic E-state index is -1.14. The van der Waals surface area contributed by atoms with Crippen molar-refractivity contribution in [2.24, 2.45) is 7.05 Å². The third kappa shape index (κ3) is 4.75. The summed E-state index contributed by atoms with van der Waals surface area (Å²) in [5.74, 6) is -1.03. The number of aromatic nitrogens is 3. The Kier molecular flexibility index (Phi) is 6.34. The maximum absolute atomic E-state index is 12.5. The fourth-order valence-corrected chi connectivity index (χ4v) is 5.98. The molecule has 1 atom stereocenters. The molecule has 8 heteroatoms. The lowest BCUT2D eigenvalue weighted by Crippen LogP contribution is -2.28. The lowest BCUT2D eigenvalue weighted by atomic mass is 9.91. The van der Waals surface area contributed by atoms with Crippen molar-refractivity contribution < 1.29 is 14.6 Å². The van der Waals surface area contributed by atoms with Crippen LogP contribution in [-0.4, -0.2) is 31.4 Å². The van der Waals surface area contributed by atoms with E-state index in [0.29, 0.717) is 10.6 Å². The molecule has 5 aromatic rings. The number of carbonyl (C=O) groups is 1. The zero-order valence-corrected chi connectivity index (χ0v) is 23.2. The average Bonchev–Trinajstić information content (AvgIpc) is 3.37. The number of nitrogens with zero attached hydrogens (tertiary/aromatic N) is 3. The molecule has 0 fully saturated rings. The van der Waals surface area contributed by atoms with E-state index in [4.69, 9.17) is 21.3 Å². The van der Waals surface area contributed by atoms with E-state index in [2.05, 4.69) is 23.3 Å². The largest absolute Gasteiger partial charge is 0.479 e. The fourth-order valence-electron chi connectivity index (χ4n) is 4.74. The number of fused-ring (bicyclic) bond motifs is 2. The summed E-state index contributed by atoms with van der Waals surface area (Å²) in [4.78, 5) is 17.5. The molecule has 3 aromatic carbocycles. The minimum Gasteiger partial charge on any atom is -0.479 e. The minimum absolute atomic E-state index is 0.611. The van der Waals surface area contributed by atoms with Crippen molar-refractivity contribution in [2.75, 3.05) is 0 Å². The molecular weight excluding hydrogens is 506 g/mol. The summed E-state index contributed by atoms with van der Waals surface area (Å²) in [6.07, 6.45) is -1.14. The molecule has 1 unspecified atom stereocenters. The van der Waals surface area contributed by atoms with E-state index in [9.17, 15) is 9.90 Å². The fraction of sp³-hybridized carbons (Fsp3) is 0.276. The van der Waals surface area contributed by atoms with E-state index in [-0.39, 0.29) is 0 Å². The first kappa shape index (κ1) is 25.4. The molecule has 190 valence electrons. The highest BCUT2D eigenvalue weighted by Gasteiger charge is 2.32. The van der Waals surface area contributed by atoms with Crippen LogP contribution in [0.1, 0.15) is 43.7 Å². The smallest absolute Gasteiger partial charge is 0.337 e. The molecule has 0 aliphatic heterocycles. The number of thiazole rings is 1. The van der Waals surface area contributed by atoms with Crippen LogP contribution in [0, 0.1) is 13.8 Å². The number of carboxylic acid groups (broad SMARTS) is 1. The highest BCUT2D eigenvalue weighted by atomic mass is 35.5. The van der Waals surface area contributed by atoms with Gasteiger partial charge >= 0.3 is 5.97 Å². The van der Waals surface area contributed by atoms with Gasteiger partial charge in [0.1, 0.15) is 5.01 Å². The Morgan fingerprint density at radius 3 is 2.41 bits per heavy atom. The number of benzene rings is 3. The predicted molar refractivity (Wildman–Crippen MR) is 150 cm³/mol. The standard InChI is InChI=1S/C29H28ClN3O3S/c1-15-13-21-26(37-27(31-21)18-9-12-22-20(14-18)16(2)32-33(22)6)24(17-7-10-19(30)11-8-17)23(15)25(28(34)35)36-29(3,4)5/h7-14,25H,1-6H3,(H,34,35).